The van der Waals surface area contributed by atoms with Crippen LogP contribution in [-0.4, -0.2) is 29.3 Å². The maximum atomic E-state index is 12.1. The molecule has 1 amide bonds. The van der Waals surface area contributed by atoms with E-state index in [4.69, 9.17) is 14.0 Å². The van der Waals surface area contributed by atoms with Crippen molar-refractivity contribution in [3.8, 4) is 5.75 Å². The standard InChI is InChI=1S/C14H15N3O4/c1-19-8-12-16-13(21-17-12)7-15-14(18)11-6-9-4-2-3-5-10(9)20-11/h2-5,11H,6-8H2,1H3,(H,15,18)/t11-/m0/s1. The average molecular weight is 289 g/mol. The smallest absolute Gasteiger partial charge is 0.261 e. The average Bonchev–Trinajstić information content (AvgIpc) is 3.11. The maximum Gasteiger partial charge on any atom is 0.261 e. The van der Waals surface area contributed by atoms with Gasteiger partial charge in [-0.2, -0.15) is 4.98 Å². The van der Waals surface area contributed by atoms with Gasteiger partial charge in [-0.3, -0.25) is 4.79 Å². The van der Waals surface area contributed by atoms with Crippen LogP contribution in [-0.2, 0) is 29.1 Å². The molecule has 0 unspecified atom stereocenters. The number of hydrogen-bond donors (Lipinski definition) is 1. The number of amides is 1. The summed E-state index contributed by atoms with van der Waals surface area (Å²) in [7, 11) is 1.55. The topological polar surface area (TPSA) is 86.5 Å². The van der Waals surface area contributed by atoms with Crippen molar-refractivity contribution in [3.05, 3.63) is 41.5 Å². The van der Waals surface area contributed by atoms with Crippen molar-refractivity contribution in [1.29, 1.82) is 0 Å². The van der Waals surface area contributed by atoms with E-state index >= 15 is 0 Å². The molecule has 3 rings (SSSR count). The predicted octanol–water partition coefficient (Wildman–Crippen LogP) is 0.836. The fourth-order valence-electron chi connectivity index (χ4n) is 2.15. The lowest BCUT2D eigenvalue weighted by Crippen LogP contribution is -2.37. The number of para-hydroxylation sites is 1. The lowest BCUT2D eigenvalue weighted by molar-refractivity contribution is -0.127. The number of ether oxygens (including phenoxy) is 2. The summed E-state index contributed by atoms with van der Waals surface area (Å²) in [6, 6.07) is 7.63. The normalized spacial score (nSPS) is 16.3. The largest absolute Gasteiger partial charge is 0.480 e. The minimum atomic E-state index is -0.510. The Hall–Kier alpha value is -2.41. The van der Waals surface area contributed by atoms with Crippen LogP contribution in [0, 0.1) is 0 Å². The number of rotatable bonds is 5. The van der Waals surface area contributed by atoms with Gasteiger partial charge in [0, 0.05) is 13.5 Å². The van der Waals surface area contributed by atoms with Gasteiger partial charge < -0.3 is 19.3 Å². The molecule has 2 aromatic rings. The highest BCUT2D eigenvalue weighted by atomic mass is 16.5. The fraction of sp³-hybridized carbons (Fsp3) is 0.357. The molecule has 7 nitrogen and oxygen atoms in total. The highest BCUT2D eigenvalue weighted by molar-refractivity contribution is 5.82. The summed E-state index contributed by atoms with van der Waals surface area (Å²) in [5.41, 5.74) is 1.04. The van der Waals surface area contributed by atoms with Crippen LogP contribution in [0.3, 0.4) is 0 Å². The second-order valence-electron chi connectivity index (χ2n) is 4.67. The number of carbonyl (C=O) groups is 1. The van der Waals surface area contributed by atoms with Crippen molar-refractivity contribution in [2.75, 3.05) is 7.11 Å². The van der Waals surface area contributed by atoms with Crippen LogP contribution in [0.25, 0.3) is 0 Å². The number of benzene rings is 1. The SMILES string of the molecule is COCc1noc(CNC(=O)[C@@H]2Cc3ccccc3O2)n1. The van der Waals surface area contributed by atoms with Crippen molar-refractivity contribution < 1.29 is 18.8 Å². The molecular weight excluding hydrogens is 274 g/mol. The second-order valence-corrected chi connectivity index (χ2v) is 4.67. The molecule has 0 radical (unpaired) electrons. The number of methoxy groups -OCH3 is 1. The Morgan fingerprint density at radius 3 is 3.14 bits per heavy atom. The van der Waals surface area contributed by atoms with Crippen LogP contribution < -0.4 is 10.1 Å². The minimum absolute atomic E-state index is 0.172. The second kappa shape index (κ2) is 5.92. The maximum absolute atomic E-state index is 12.1. The van der Waals surface area contributed by atoms with Crippen molar-refractivity contribution >= 4 is 5.91 Å². The van der Waals surface area contributed by atoms with Crippen LogP contribution in [0.2, 0.25) is 0 Å². The van der Waals surface area contributed by atoms with Crippen LogP contribution in [0.15, 0.2) is 28.8 Å². The molecule has 0 spiro atoms. The van der Waals surface area contributed by atoms with Gasteiger partial charge in [0.15, 0.2) is 11.9 Å². The summed E-state index contributed by atoms with van der Waals surface area (Å²) in [4.78, 5) is 16.1. The van der Waals surface area contributed by atoms with Gasteiger partial charge in [-0.25, -0.2) is 0 Å². The molecule has 1 aromatic heterocycles. The van der Waals surface area contributed by atoms with E-state index in [-0.39, 0.29) is 19.1 Å². The summed E-state index contributed by atoms with van der Waals surface area (Å²) >= 11 is 0. The highest BCUT2D eigenvalue weighted by Gasteiger charge is 2.28. The third-order valence-electron chi connectivity index (χ3n) is 3.14. The third-order valence-corrected chi connectivity index (χ3v) is 3.14. The molecule has 21 heavy (non-hydrogen) atoms. The van der Waals surface area contributed by atoms with E-state index < -0.39 is 6.10 Å². The molecule has 1 aliphatic rings. The van der Waals surface area contributed by atoms with E-state index in [0.717, 1.165) is 11.3 Å². The number of hydrogen-bond acceptors (Lipinski definition) is 6. The Balaban J connectivity index is 1.53. The molecule has 0 aliphatic carbocycles. The van der Waals surface area contributed by atoms with Gasteiger partial charge in [-0.15, -0.1) is 0 Å². The molecule has 0 saturated carbocycles. The summed E-state index contributed by atoms with van der Waals surface area (Å²) in [6.45, 7) is 0.449. The zero-order valence-electron chi connectivity index (χ0n) is 11.5. The Bertz CT molecular complexity index is 616. The molecule has 7 heteroatoms. The lowest BCUT2D eigenvalue weighted by Gasteiger charge is -2.09. The summed E-state index contributed by atoms with van der Waals surface area (Å²) < 4.78 is 15.5. The zero-order valence-corrected chi connectivity index (χ0v) is 11.5. The molecular formula is C14H15N3O4. The molecule has 0 fully saturated rings. The summed E-state index contributed by atoms with van der Waals surface area (Å²) in [6.07, 6.45) is 0.0598. The molecule has 1 aliphatic heterocycles. The van der Waals surface area contributed by atoms with Gasteiger partial charge in [0.2, 0.25) is 5.89 Å². The first-order valence-corrected chi connectivity index (χ1v) is 6.59. The molecule has 1 aromatic carbocycles. The van der Waals surface area contributed by atoms with Crippen molar-refractivity contribution in [2.24, 2.45) is 0 Å². The van der Waals surface area contributed by atoms with E-state index in [2.05, 4.69) is 15.5 Å². The van der Waals surface area contributed by atoms with Crippen LogP contribution >= 0.6 is 0 Å². The number of nitrogens with one attached hydrogen (secondary N) is 1. The van der Waals surface area contributed by atoms with Crippen LogP contribution in [0.1, 0.15) is 17.3 Å². The van der Waals surface area contributed by atoms with E-state index in [9.17, 15) is 4.79 Å². The molecule has 2 heterocycles. The van der Waals surface area contributed by atoms with Crippen molar-refractivity contribution in [1.82, 2.24) is 15.5 Å². The monoisotopic (exact) mass is 289 g/mol. The van der Waals surface area contributed by atoms with Gasteiger partial charge >= 0.3 is 0 Å². The minimum Gasteiger partial charge on any atom is -0.480 e. The molecule has 1 atom stereocenters. The first-order valence-electron chi connectivity index (χ1n) is 6.59. The fourth-order valence-corrected chi connectivity index (χ4v) is 2.15. The van der Waals surface area contributed by atoms with Crippen LogP contribution in [0.4, 0.5) is 0 Å². The predicted molar refractivity (Wildman–Crippen MR) is 71.4 cm³/mol. The Kier molecular flexibility index (Phi) is 3.83. The van der Waals surface area contributed by atoms with Gasteiger partial charge in [0.25, 0.3) is 5.91 Å². The van der Waals surface area contributed by atoms with Gasteiger partial charge in [-0.1, -0.05) is 23.4 Å². The van der Waals surface area contributed by atoms with Gasteiger partial charge in [0.05, 0.1) is 6.54 Å². The van der Waals surface area contributed by atoms with E-state index in [1.165, 1.54) is 0 Å². The summed E-state index contributed by atoms with van der Waals surface area (Å²) in [5, 5.41) is 6.45. The summed E-state index contributed by atoms with van der Waals surface area (Å²) in [5.74, 6) is 1.35. The molecule has 1 N–H and O–H groups in total. The van der Waals surface area contributed by atoms with Crippen LogP contribution in [0.5, 0.6) is 5.75 Å². The Morgan fingerprint density at radius 2 is 2.33 bits per heavy atom. The lowest BCUT2D eigenvalue weighted by atomic mass is 10.1. The van der Waals surface area contributed by atoms with Gasteiger partial charge in [-0.05, 0) is 11.6 Å². The molecule has 0 bridgehead atoms. The van der Waals surface area contributed by atoms with Gasteiger partial charge in [0.1, 0.15) is 12.4 Å². The van der Waals surface area contributed by atoms with Crippen molar-refractivity contribution in [3.63, 3.8) is 0 Å². The van der Waals surface area contributed by atoms with E-state index in [1.807, 2.05) is 24.3 Å². The Labute approximate surface area is 121 Å². The number of fused-ring (bicyclic) bond motifs is 1. The first-order chi connectivity index (χ1) is 10.3. The number of aromatic nitrogens is 2. The highest BCUT2D eigenvalue weighted by Crippen LogP contribution is 2.28. The third kappa shape index (κ3) is 3.03. The number of nitrogens with zero attached hydrogens (tertiary/aromatic N) is 2. The quantitative estimate of drug-likeness (QED) is 0.877. The molecule has 110 valence electrons. The Morgan fingerprint density at radius 1 is 1.48 bits per heavy atom. The molecule has 0 saturated heterocycles. The first kappa shape index (κ1) is 13.6. The zero-order chi connectivity index (χ0) is 14.7. The van der Waals surface area contributed by atoms with Crippen molar-refractivity contribution in [2.45, 2.75) is 25.7 Å². The number of carbonyl (C=O) groups excluding carboxylic acids is 1. The van der Waals surface area contributed by atoms with E-state index in [0.29, 0.717) is 18.1 Å². The van der Waals surface area contributed by atoms with E-state index in [1.54, 1.807) is 7.11 Å².